The lowest BCUT2D eigenvalue weighted by Gasteiger charge is -2.33. The van der Waals surface area contributed by atoms with Crippen molar-refractivity contribution in [1.82, 2.24) is 5.01 Å². The summed E-state index contributed by atoms with van der Waals surface area (Å²) < 4.78 is 0. The van der Waals surface area contributed by atoms with E-state index in [2.05, 4.69) is 17.2 Å². The molecule has 1 atom stereocenters. The monoisotopic (exact) mass is 276 g/mol. The molecule has 1 aliphatic heterocycles. The van der Waals surface area contributed by atoms with Crippen molar-refractivity contribution >= 4 is 11.8 Å². The number of hydrogen-bond acceptors (Lipinski definition) is 4. The molecule has 0 bridgehead atoms. The van der Waals surface area contributed by atoms with Crippen molar-refractivity contribution in [3.8, 4) is 0 Å². The van der Waals surface area contributed by atoms with E-state index in [0.717, 1.165) is 31.4 Å². The second kappa shape index (κ2) is 6.56. The van der Waals surface area contributed by atoms with Gasteiger partial charge in [-0.05, 0) is 25.3 Å². The molecule has 0 spiro atoms. The van der Waals surface area contributed by atoms with Gasteiger partial charge in [-0.15, -0.1) is 5.11 Å². The van der Waals surface area contributed by atoms with Crippen LogP contribution in [0.4, 0.5) is 0 Å². The van der Waals surface area contributed by atoms with E-state index in [-0.39, 0.29) is 17.7 Å². The molecule has 0 aromatic heterocycles. The highest BCUT2D eigenvalue weighted by Gasteiger charge is 2.31. The number of hydrogen-bond donors (Lipinski definition) is 1. The third-order valence-electron chi connectivity index (χ3n) is 3.62. The van der Waals surface area contributed by atoms with Gasteiger partial charge in [-0.2, -0.15) is 5.11 Å². The van der Waals surface area contributed by atoms with Gasteiger partial charge < -0.3 is 0 Å². The van der Waals surface area contributed by atoms with Crippen LogP contribution in [-0.4, -0.2) is 23.4 Å². The Kier molecular flexibility index (Phi) is 4.79. The molecule has 108 valence electrons. The van der Waals surface area contributed by atoms with Crippen LogP contribution in [0, 0.1) is 5.92 Å². The number of azo groups is 1. The largest absolute Gasteiger partial charge is 0.294 e. The average Bonchev–Trinajstić information content (AvgIpc) is 2.47. The Balaban J connectivity index is 2.05. The van der Waals surface area contributed by atoms with Crippen molar-refractivity contribution in [2.45, 2.75) is 39.0 Å². The first-order valence-electron chi connectivity index (χ1n) is 7.04. The minimum atomic E-state index is -0.363. The number of piperidine rings is 1. The van der Waals surface area contributed by atoms with Crippen LogP contribution in [0.25, 0.3) is 0 Å². The summed E-state index contributed by atoms with van der Waals surface area (Å²) in [5, 5.41) is 8.73. The maximum absolute atomic E-state index is 11.9. The summed E-state index contributed by atoms with van der Waals surface area (Å²) in [7, 11) is 0. The molecule has 1 unspecified atom stereocenters. The molecule has 2 N–H and O–H groups in total. The first-order chi connectivity index (χ1) is 9.63. The number of unbranched alkanes of at least 4 members (excludes halogenated alkanes) is 1. The molecule has 1 heterocycles. The zero-order valence-electron chi connectivity index (χ0n) is 11.7. The molecule has 20 heavy (non-hydrogen) atoms. The van der Waals surface area contributed by atoms with E-state index < -0.39 is 0 Å². The van der Waals surface area contributed by atoms with Crippen LogP contribution in [0.2, 0.25) is 0 Å². The van der Waals surface area contributed by atoms with Gasteiger partial charge in [0.25, 0.3) is 5.91 Å². The maximum atomic E-state index is 11.9. The number of nitrogens with zero attached hydrogens (tertiary/aromatic N) is 3. The van der Waals surface area contributed by atoms with Gasteiger partial charge in [-0.25, -0.2) is 5.84 Å². The number of hydrazine groups is 1. The topological polar surface area (TPSA) is 88.1 Å². The number of rotatable bonds is 4. The zero-order valence-corrected chi connectivity index (χ0v) is 11.7. The molecular weight excluding hydrogens is 256 g/mol. The highest BCUT2D eigenvalue weighted by Crippen LogP contribution is 2.33. The Morgan fingerprint density at radius 3 is 3.10 bits per heavy atom. The summed E-state index contributed by atoms with van der Waals surface area (Å²) in [5.74, 6) is 5.52. The predicted molar refractivity (Wildman–Crippen MR) is 74.2 cm³/mol. The van der Waals surface area contributed by atoms with Gasteiger partial charge in [-0.1, -0.05) is 19.4 Å². The summed E-state index contributed by atoms with van der Waals surface area (Å²) in [6.45, 7) is 2.62. The van der Waals surface area contributed by atoms with E-state index >= 15 is 0 Å². The number of carbonyl (C=O) groups is 2. The highest BCUT2D eigenvalue weighted by atomic mass is 16.2. The smallest absolute Gasteiger partial charge is 0.273 e. The van der Waals surface area contributed by atoms with Crippen molar-refractivity contribution in [3.05, 3.63) is 23.4 Å². The van der Waals surface area contributed by atoms with Gasteiger partial charge in [0.2, 0.25) is 5.91 Å². The second-order valence-corrected chi connectivity index (χ2v) is 5.09. The Morgan fingerprint density at radius 1 is 1.55 bits per heavy atom. The van der Waals surface area contributed by atoms with E-state index in [1.165, 1.54) is 5.01 Å². The van der Waals surface area contributed by atoms with Crippen LogP contribution < -0.4 is 5.84 Å². The van der Waals surface area contributed by atoms with E-state index in [1.807, 2.05) is 6.08 Å². The normalized spacial score (nSPS) is 22.6. The molecule has 6 nitrogen and oxygen atoms in total. The first-order valence-corrected chi connectivity index (χ1v) is 7.04. The number of amides is 2. The molecule has 0 aromatic carbocycles. The minimum Gasteiger partial charge on any atom is -0.273 e. The summed E-state index contributed by atoms with van der Waals surface area (Å²) >= 11 is 0. The standard InChI is InChI=1S/C14H20N4O2/c1-2-3-8-16-17-14(20)11-5-4-10-6-7-13(19)18(15)12(10)9-11/h5,9-10H,2-4,6-8,15H2,1H3. The number of fused-ring (bicyclic) bond motifs is 1. The van der Waals surface area contributed by atoms with Crippen LogP contribution in [0.5, 0.6) is 0 Å². The lowest BCUT2D eigenvalue weighted by Crippen LogP contribution is -2.43. The Bertz CT molecular complexity index is 493. The molecule has 2 rings (SSSR count). The van der Waals surface area contributed by atoms with Crippen LogP contribution >= 0.6 is 0 Å². The van der Waals surface area contributed by atoms with Gasteiger partial charge in [0, 0.05) is 23.6 Å². The molecule has 2 amide bonds. The Morgan fingerprint density at radius 2 is 2.35 bits per heavy atom. The van der Waals surface area contributed by atoms with Crippen LogP contribution in [-0.2, 0) is 9.59 Å². The Hall–Kier alpha value is -1.82. The molecule has 0 saturated carbocycles. The van der Waals surface area contributed by atoms with Crippen LogP contribution in [0.15, 0.2) is 33.7 Å². The van der Waals surface area contributed by atoms with Crippen molar-refractivity contribution in [3.63, 3.8) is 0 Å². The number of carbonyl (C=O) groups excluding carboxylic acids is 2. The summed E-state index contributed by atoms with van der Waals surface area (Å²) in [6.07, 6.45) is 7.44. The SMILES string of the molecule is CCCCN=NC(=O)C1=CCC2CCC(=O)N(N)C2=C1. The van der Waals surface area contributed by atoms with Crippen molar-refractivity contribution in [1.29, 1.82) is 0 Å². The molecule has 2 aliphatic rings. The molecule has 6 heteroatoms. The number of nitrogens with two attached hydrogens (primary N) is 1. The average molecular weight is 276 g/mol. The Labute approximate surface area is 118 Å². The molecule has 0 aromatic rings. The lowest BCUT2D eigenvalue weighted by molar-refractivity contribution is -0.132. The molecule has 1 fully saturated rings. The van der Waals surface area contributed by atoms with Crippen molar-refractivity contribution < 1.29 is 9.59 Å². The number of allylic oxidation sites excluding steroid dienone is 2. The summed E-state index contributed by atoms with van der Waals surface area (Å²) in [6, 6.07) is 0. The molecule has 0 radical (unpaired) electrons. The quantitative estimate of drug-likeness (QED) is 0.369. The molecular formula is C14H20N4O2. The summed E-state index contributed by atoms with van der Waals surface area (Å²) in [5.41, 5.74) is 1.19. The lowest BCUT2D eigenvalue weighted by atomic mass is 9.86. The fraction of sp³-hybridized carbons (Fsp3) is 0.571. The van der Waals surface area contributed by atoms with Crippen molar-refractivity contribution in [2.75, 3.05) is 6.54 Å². The molecule has 1 aliphatic carbocycles. The van der Waals surface area contributed by atoms with E-state index in [1.54, 1.807) is 6.08 Å². The first kappa shape index (κ1) is 14.6. The van der Waals surface area contributed by atoms with Gasteiger partial charge in [-0.3, -0.25) is 14.6 Å². The van der Waals surface area contributed by atoms with Crippen LogP contribution in [0.3, 0.4) is 0 Å². The van der Waals surface area contributed by atoms with E-state index in [4.69, 9.17) is 5.84 Å². The fourth-order valence-corrected chi connectivity index (χ4v) is 2.37. The third-order valence-corrected chi connectivity index (χ3v) is 3.62. The maximum Gasteiger partial charge on any atom is 0.294 e. The molecule has 1 saturated heterocycles. The van der Waals surface area contributed by atoms with E-state index in [9.17, 15) is 9.59 Å². The van der Waals surface area contributed by atoms with Gasteiger partial charge in [0.05, 0.1) is 6.54 Å². The fourth-order valence-electron chi connectivity index (χ4n) is 2.37. The highest BCUT2D eigenvalue weighted by molar-refractivity contribution is 5.97. The van der Waals surface area contributed by atoms with Gasteiger partial charge in [0.1, 0.15) is 0 Å². The predicted octanol–water partition coefficient (Wildman–Crippen LogP) is 2.09. The second-order valence-electron chi connectivity index (χ2n) is 5.09. The summed E-state index contributed by atoms with van der Waals surface area (Å²) in [4.78, 5) is 23.5. The van der Waals surface area contributed by atoms with Crippen LogP contribution in [0.1, 0.15) is 39.0 Å². The van der Waals surface area contributed by atoms with Gasteiger partial charge in [0.15, 0.2) is 0 Å². The third kappa shape index (κ3) is 3.19. The van der Waals surface area contributed by atoms with Crippen molar-refractivity contribution in [2.24, 2.45) is 22.0 Å². The van der Waals surface area contributed by atoms with Gasteiger partial charge >= 0.3 is 0 Å². The minimum absolute atomic E-state index is 0.106. The zero-order chi connectivity index (χ0) is 14.5. The van der Waals surface area contributed by atoms with E-state index in [0.29, 0.717) is 18.5 Å².